The molecule has 0 aliphatic rings. The number of hydrogen-bond acceptors (Lipinski definition) is 7. The molecule has 2 aromatic rings. The summed E-state index contributed by atoms with van der Waals surface area (Å²) in [4.78, 5) is 34.5. The average molecular weight is 389 g/mol. The molecule has 2 rings (SSSR count). The molecular formula is C17H15N3O6S. The molecule has 10 heteroatoms. The fraction of sp³-hybridized carbons (Fsp3) is 0.118. The van der Waals surface area contributed by atoms with Gasteiger partial charge in [0.15, 0.2) is 10.9 Å². The van der Waals surface area contributed by atoms with Gasteiger partial charge in [0.25, 0.3) is 5.91 Å². The lowest BCUT2D eigenvalue weighted by Crippen LogP contribution is -2.34. The van der Waals surface area contributed by atoms with Gasteiger partial charge in [-0.25, -0.2) is 4.79 Å². The predicted molar refractivity (Wildman–Crippen MR) is 101 cm³/mol. The SMILES string of the molecule is COC(=O)c1ccccc1NC(=S)NC(=O)c1ccc(OC)c([N+](=O)[O-])c1. The molecule has 0 bridgehead atoms. The van der Waals surface area contributed by atoms with E-state index in [0.717, 1.165) is 6.07 Å². The zero-order valence-corrected chi connectivity index (χ0v) is 15.2. The van der Waals surface area contributed by atoms with E-state index in [1.54, 1.807) is 18.2 Å². The second kappa shape index (κ2) is 8.72. The van der Waals surface area contributed by atoms with Gasteiger partial charge in [0.05, 0.1) is 30.4 Å². The Balaban J connectivity index is 2.15. The minimum absolute atomic E-state index is 0.0212. The molecule has 2 aromatic carbocycles. The van der Waals surface area contributed by atoms with Crippen molar-refractivity contribution < 1.29 is 24.0 Å². The topological polar surface area (TPSA) is 120 Å². The van der Waals surface area contributed by atoms with Gasteiger partial charge in [-0.1, -0.05) is 12.1 Å². The van der Waals surface area contributed by atoms with Crippen molar-refractivity contribution in [3.8, 4) is 5.75 Å². The molecule has 0 fully saturated rings. The van der Waals surface area contributed by atoms with Gasteiger partial charge >= 0.3 is 11.7 Å². The molecule has 27 heavy (non-hydrogen) atoms. The van der Waals surface area contributed by atoms with E-state index in [1.165, 1.54) is 32.4 Å². The molecule has 0 saturated carbocycles. The Morgan fingerprint density at radius 1 is 1.15 bits per heavy atom. The fourth-order valence-corrected chi connectivity index (χ4v) is 2.39. The Morgan fingerprint density at radius 3 is 2.48 bits per heavy atom. The van der Waals surface area contributed by atoms with Crippen LogP contribution in [0.3, 0.4) is 0 Å². The first kappa shape index (κ1) is 19.8. The van der Waals surface area contributed by atoms with Gasteiger partial charge in [0.1, 0.15) is 0 Å². The highest BCUT2D eigenvalue weighted by Crippen LogP contribution is 2.27. The van der Waals surface area contributed by atoms with Crippen LogP contribution in [0, 0.1) is 10.1 Å². The van der Waals surface area contributed by atoms with Crippen LogP contribution in [0.1, 0.15) is 20.7 Å². The summed E-state index contributed by atoms with van der Waals surface area (Å²) < 4.78 is 9.57. The normalized spacial score (nSPS) is 9.85. The van der Waals surface area contributed by atoms with Gasteiger partial charge < -0.3 is 14.8 Å². The Bertz CT molecular complexity index is 915. The second-order valence-corrected chi connectivity index (χ2v) is 5.50. The van der Waals surface area contributed by atoms with Gasteiger partial charge in [-0.15, -0.1) is 0 Å². The third-order valence-electron chi connectivity index (χ3n) is 3.45. The van der Waals surface area contributed by atoms with Gasteiger partial charge in [-0.05, 0) is 36.5 Å². The number of para-hydroxylation sites is 1. The molecule has 0 aliphatic carbocycles. The monoisotopic (exact) mass is 389 g/mol. The van der Waals surface area contributed by atoms with Crippen molar-refractivity contribution in [1.82, 2.24) is 5.32 Å². The number of amides is 1. The molecule has 0 saturated heterocycles. The minimum atomic E-state index is -0.659. The van der Waals surface area contributed by atoms with E-state index in [4.69, 9.17) is 17.0 Å². The molecule has 2 N–H and O–H groups in total. The van der Waals surface area contributed by atoms with Crippen molar-refractivity contribution in [2.24, 2.45) is 0 Å². The number of nitrogens with one attached hydrogen (secondary N) is 2. The summed E-state index contributed by atoms with van der Waals surface area (Å²) in [6.07, 6.45) is 0. The number of methoxy groups -OCH3 is 2. The van der Waals surface area contributed by atoms with Crippen LogP contribution in [-0.4, -0.2) is 36.1 Å². The smallest absolute Gasteiger partial charge is 0.339 e. The van der Waals surface area contributed by atoms with Crippen LogP contribution in [0.4, 0.5) is 11.4 Å². The molecule has 0 aromatic heterocycles. The largest absolute Gasteiger partial charge is 0.490 e. The van der Waals surface area contributed by atoms with Crippen molar-refractivity contribution >= 4 is 40.6 Å². The van der Waals surface area contributed by atoms with Gasteiger partial charge in [-0.2, -0.15) is 0 Å². The number of nitrogens with zero attached hydrogens (tertiary/aromatic N) is 1. The van der Waals surface area contributed by atoms with Gasteiger partial charge in [0, 0.05) is 11.6 Å². The standard InChI is InChI=1S/C17H15N3O6S/c1-25-14-8-7-10(9-13(14)20(23)24)15(21)19-17(27)18-12-6-4-3-5-11(12)16(22)26-2/h3-9H,1-2H3,(H2,18,19,21,27). The number of benzene rings is 2. The predicted octanol–water partition coefficient (Wildman–Crippen LogP) is 2.52. The van der Waals surface area contributed by atoms with Crippen LogP contribution < -0.4 is 15.4 Å². The number of esters is 1. The van der Waals surface area contributed by atoms with Gasteiger partial charge in [0.2, 0.25) is 0 Å². The molecule has 140 valence electrons. The first-order valence-corrected chi connectivity index (χ1v) is 7.90. The Kier molecular flexibility index (Phi) is 6.39. The Hall–Kier alpha value is -3.53. The maximum absolute atomic E-state index is 12.3. The van der Waals surface area contributed by atoms with Crippen molar-refractivity contribution in [3.05, 3.63) is 63.7 Å². The number of rotatable bonds is 5. The Morgan fingerprint density at radius 2 is 1.85 bits per heavy atom. The van der Waals surface area contributed by atoms with Crippen LogP contribution in [0.15, 0.2) is 42.5 Å². The molecule has 9 nitrogen and oxygen atoms in total. The van der Waals surface area contributed by atoms with Crippen molar-refractivity contribution in [2.75, 3.05) is 19.5 Å². The van der Waals surface area contributed by atoms with E-state index in [-0.39, 0.29) is 27.7 Å². The number of nitro benzene ring substituents is 1. The lowest BCUT2D eigenvalue weighted by molar-refractivity contribution is -0.385. The maximum Gasteiger partial charge on any atom is 0.339 e. The van der Waals surface area contributed by atoms with Crippen LogP contribution in [0.2, 0.25) is 0 Å². The van der Waals surface area contributed by atoms with E-state index >= 15 is 0 Å². The van der Waals surface area contributed by atoms with E-state index in [9.17, 15) is 19.7 Å². The number of anilines is 1. The zero-order valence-electron chi connectivity index (χ0n) is 14.3. The fourth-order valence-electron chi connectivity index (χ4n) is 2.18. The summed E-state index contributed by atoms with van der Waals surface area (Å²) in [7, 11) is 2.54. The first-order chi connectivity index (χ1) is 12.9. The second-order valence-electron chi connectivity index (χ2n) is 5.09. The molecule has 0 atom stereocenters. The summed E-state index contributed by atoms with van der Waals surface area (Å²) >= 11 is 5.07. The number of ether oxygens (including phenoxy) is 2. The number of hydrogen-bond donors (Lipinski definition) is 2. The molecule has 0 radical (unpaired) electrons. The van der Waals surface area contributed by atoms with Crippen molar-refractivity contribution in [2.45, 2.75) is 0 Å². The third-order valence-corrected chi connectivity index (χ3v) is 3.65. The molecule has 0 unspecified atom stereocenters. The highest BCUT2D eigenvalue weighted by molar-refractivity contribution is 7.80. The van der Waals surface area contributed by atoms with E-state index in [2.05, 4.69) is 15.4 Å². The summed E-state index contributed by atoms with van der Waals surface area (Å²) in [5.74, 6) is -1.20. The molecule has 0 heterocycles. The zero-order chi connectivity index (χ0) is 20.0. The molecular weight excluding hydrogens is 374 g/mol. The number of thiocarbonyl (C=S) groups is 1. The summed E-state index contributed by atoms with van der Waals surface area (Å²) in [5.41, 5.74) is 0.250. The molecule has 0 aliphatic heterocycles. The van der Waals surface area contributed by atoms with Gasteiger partial charge in [-0.3, -0.25) is 20.2 Å². The average Bonchev–Trinajstić information content (AvgIpc) is 2.67. The number of carbonyl (C=O) groups excluding carboxylic acids is 2. The minimum Gasteiger partial charge on any atom is -0.490 e. The van der Waals surface area contributed by atoms with Crippen LogP contribution >= 0.6 is 12.2 Å². The lowest BCUT2D eigenvalue weighted by atomic mass is 10.1. The van der Waals surface area contributed by atoms with Crippen LogP contribution in [0.25, 0.3) is 0 Å². The summed E-state index contributed by atoms with van der Waals surface area (Å²) in [6.45, 7) is 0. The number of nitro groups is 1. The third kappa shape index (κ3) is 4.76. The highest BCUT2D eigenvalue weighted by atomic mass is 32.1. The van der Waals surface area contributed by atoms with Crippen molar-refractivity contribution in [1.29, 1.82) is 0 Å². The maximum atomic E-state index is 12.3. The highest BCUT2D eigenvalue weighted by Gasteiger charge is 2.19. The van der Waals surface area contributed by atoms with E-state index in [0.29, 0.717) is 5.69 Å². The molecule has 1 amide bonds. The van der Waals surface area contributed by atoms with E-state index < -0.39 is 16.8 Å². The van der Waals surface area contributed by atoms with Crippen LogP contribution in [-0.2, 0) is 4.74 Å². The van der Waals surface area contributed by atoms with Crippen molar-refractivity contribution in [3.63, 3.8) is 0 Å². The van der Waals surface area contributed by atoms with E-state index in [1.807, 2.05) is 0 Å². The first-order valence-electron chi connectivity index (χ1n) is 7.49. The summed E-state index contributed by atoms with van der Waals surface area (Å²) in [5, 5.41) is 16.1. The molecule has 0 spiro atoms. The lowest BCUT2D eigenvalue weighted by Gasteiger charge is -2.12. The summed E-state index contributed by atoms with van der Waals surface area (Å²) in [6, 6.07) is 10.2. The van der Waals surface area contributed by atoms with Crippen LogP contribution in [0.5, 0.6) is 5.75 Å². The number of carbonyl (C=O) groups is 2. The Labute approximate surface area is 159 Å². The quantitative estimate of drug-likeness (QED) is 0.346.